The first-order valence-electron chi connectivity index (χ1n) is 8.12. The van der Waals surface area contributed by atoms with Crippen LogP contribution in [0.25, 0.3) is 11.4 Å². The molecule has 1 saturated carbocycles. The lowest BCUT2D eigenvalue weighted by molar-refractivity contribution is 0.247. The maximum Gasteiger partial charge on any atom is 0.193 e. The highest BCUT2D eigenvalue weighted by Crippen LogP contribution is 2.39. The minimum Gasteiger partial charge on any atom is -0.299 e. The van der Waals surface area contributed by atoms with Gasteiger partial charge in [0.25, 0.3) is 0 Å². The first kappa shape index (κ1) is 16.0. The third-order valence-corrected chi connectivity index (χ3v) is 5.39. The van der Waals surface area contributed by atoms with Crippen molar-refractivity contribution < 1.29 is 0 Å². The molecule has 1 aliphatic rings. The van der Waals surface area contributed by atoms with Crippen molar-refractivity contribution in [3.05, 3.63) is 24.5 Å². The standard InChI is InChI=1S/C17H21N5S/c1-12-6-3-4-8-15(12)22-16(14-7-5-9-19-11-14)20-21-17(22)23-13(2)10-18/h5,7,9,11-13,15H,3-4,6,8H2,1-2H3/t12-,13+,15-/m0/s1. The minimum absolute atomic E-state index is 0.140. The number of nitriles is 1. The fourth-order valence-corrected chi connectivity index (χ4v) is 4.01. The Kier molecular flexibility index (Phi) is 4.97. The maximum atomic E-state index is 9.13. The Balaban J connectivity index is 2.04. The molecule has 0 aliphatic heterocycles. The zero-order valence-corrected chi connectivity index (χ0v) is 14.3. The summed E-state index contributed by atoms with van der Waals surface area (Å²) in [5, 5.41) is 18.7. The van der Waals surface area contributed by atoms with Gasteiger partial charge in [0.1, 0.15) is 0 Å². The monoisotopic (exact) mass is 327 g/mol. The zero-order valence-electron chi connectivity index (χ0n) is 13.5. The van der Waals surface area contributed by atoms with E-state index < -0.39 is 0 Å². The Labute approximate surface area is 141 Å². The number of thioether (sulfide) groups is 1. The highest BCUT2D eigenvalue weighted by atomic mass is 32.2. The van der Waals surface area contributed by atoms with E-state index in [1.807, 2.05) is 25.3 Å². The average molecular weight is 327 g/mol. The number of nitrogens with zero attached hydrogens (tertiary/aromatic N) is 5. The lowest BCUT2D eigenvalue weighted by Crippen LogP contribution is -2.22. The smallest absolute Gasteiger partial charge is 0.193 e. The SMILES string of the molecule is C[C@H](C#N)Sc1nnc(-c2cccnc2)n1[C@H]1CCCC[C@@H]1C. The van der Waals surface area contributed by atoms with Crippen molar-refractivity contribution in [1.82, 2.24) is 19.7 Å². The molecule has 3 atom stereocenters. The summed E-state index contributed by atoms with van der Waals surface area (Å²) in [7, 11) is 0. The van der Waals surface area contributed by atoms with Crippen LogP contribution in [0, 0.1) is 17.2 Å². The lowest BCUT2D eigenvalue weighted by Gasteiger charge is -2.31. The Morgan fingerprint density at radius 2 is 2.17 bits per heavy atom. The fourth-order valence-electron chi connectivity index (χ4n) is 3.21. The summed E-state index contributed by atoms with van der Waals surface area (Å²) in [5.41, 5.74) is 0.981. The Hall–Kier alpha value is -1.87. The summed E-state index contributed by atoms with van der Waals surface area (Å²) in [6, 6.07) is 6.60. The molecular formula is C17H21N5S. The Morgan fingerprint density at radius 3 is 2.87 bits per heavy atom. The second kappa shape index (κ2) is 7.14. The van der Waals surface area contributed by atoms with Crippen molar-refractivity contribution in [3.8, 4) is 17.5 Å². The van der Waals surface area contributed by atoms with Gasteiger partial charge in [0.05, 0.1) is 11.3 Å². The molecule has 2 aromatic rings. The second-order valence-electron chi connectivity index (χ2n) is 6.14. The number of rotatable bonds is 4. The number of aromatic nitrogens is 4. The van der Waals surface area contributed by atoms with E-state index in [0.717, 1.165) is 23.0 Å². The van der Waals surface area contributed by atoms with Crippen molar-refractivity contribution in [1.29, 1.82) is 5.26 Å². The van der Waals surface area contributed by atoms with Crippen LogP contribution in [0.1, 0.15) is 45.6 Å². The molecule has 0 bridgehead atoms. The van der Waals surface area contributed by atoms with Crippen molar-refractivity contribution in [2.45, 2.75) is 56.0 Å². The van der Waals surface area contributed by atoms with Crippen LogP contribution in [0.15, 0.2) is 29.7 Å². The summed E-state index contributed by atoms with van der Waals surface area (Å²) < 4.78 is 2.25. The third kappa shape index (κ3) is 3.40. The normalized spacial score (nSPS) is 22.5. The molecule has 3 rings (SSSR count). The lowest BCUT2D eigenvalue weighted by atomic mass is 9.85. The molecule has 1 fully saturated rings. The first-order chi connectivity index (χ1) is 11.2. The van der Waals surface area contributed by atoms with Crippen molar-refractivity contribution in [3.63, 3.8) is 0 Å². The molecule has 23 heavy (non-hydrogen) atoms. The fraction of sp³-hybridized carbons (Fsp3) is 0.529. The molecule has 0 unspecified atom stereocenters. The van der Waals surface area contributed by atoms with E-state index in [1.165, 1.54) is 31.0 Å². The van der Waals surface area contributed by atoms with Gasteiger partial charge in [-0.1, -0.05) is 31.5 Å². The zero-order chi connectivity index (χ0) is 16.2. The molecule has 2 aromatic heterocycles. The van der Waals surface area contributed by atoms with Gasteiger partial charge in [-0.25, -0.2) is 0 Å². The molecule has 0 spiro atoms. The average Bonchev–Trinajstić information content (AvgIpc) is 2.99. The van der Waals surface area contributed by atoms with Gasteiger partial charge in [-0.15, -0.1) is 10.2 Å². The number of hydrogen-bond acceptors (Lipinski definition) is 5. The van der Waals surface area contributed by atoms with Gasteiger partial charge in [0, 0.05) is 24.0 Å². The van der Waals surface area contributed by atoms with Gasteiger partial charge in [-0.2, -0.15) is 5.26 Å². The molecule has 120 valence electrons. The quantitative estimate of drug-likeness (QED) is 0.791. The van der Waals surface area contributed by atoms with Gasteiger partial charge in [-0.05, 0) is 37.8 Å². The number of pyridine rings is 1. The van der Waals surface area contributed by atoms with Crippen LogP contribution in [0.3, 0.4) is 0 Å². The van der Waals surface area contributed by atoms with Crippen molar-refractivity contribution in [2.75, 3.05) is 0 Å². The van der Waals surface area contributed by atoms with Gasteiger partial charge in [-0.3, -0.25) is 9.55 Å². The van der Waals surface area contributed by atoms with E-state index >= 15 is 0 Å². The predicted molar refractivity (Wildman–Crippen MR) is 90.9 cm³/mol. The van der Waals surface area contributed by atoms with Crippen molar-refractivity contribution >= 4 is 11.8 Å². The summed E-state index contributed by atoms with van der Waals surface area (Å²) in [6.07, 6.45) is 8.49. The van der Waals surface area contributed by atoms with Gasteiger partial charge in [0.2, 0.25) is 0 Å². The minimum atomic E-state index is -0.140. The van der Waals surface area contributed by atoms with Crippen LogP contribution in [0.4, 0.5) is 0 Å². The molecule has 1 aliphatic carbocycles. The third-order valence-electron chi connectivity index (χ3n) is 4.45. The molecular weight excluding hydrogens is 306 g/mol. The highest BCUT2D eigenvalue weighted by Gasteiger charge is 2.29. The summed E-state index contributed by atoms with van der Waals surface area (Å²) >= 11 is 1.49. The first-order valence-corrected chi connectivity index (χ1v) is 9.00. The highest BCUT2D eigenvalue weighted by molar-refractivity contribution is 8.00. The predicted octanol–water partition coefficient (Wildman–Crippen LogP) is 4.10. The summed E-state index contributed by atoms with van der Waals surface area (Å²) in [6.45, 7) is 4.21. The molecule has 0 aromatic carbocycles. The molecule has 6 heteroatoms. The Morgan fingerprint density at radius 1 is 1.35 bits per heavy atom. The van der Waals surface area contributed by atoms with Crippen LogP contribution < -0.4 is 0 Å². The van der Waals surface area contributed by atoms with E-state index in [-0.39, 0.29) is 5.25 Å². The molecule has 0 N–H and O–H groups in total. The van der Waals surface area contributed by atoms with Crippen LogP contribution in [0.2, 0.25) is 0 Å². The van der Waals surface area contributed by atoms with E-state index in [1.54, 1.807) is 6.20 Å². The second-order valence-corrected chi connectivity index (χ2v) is 7.44. The van der Waals surface area contributed by atoms with E-state index in [4.69, 9.17) is 5.26 Å². The van der Waals surface area contributed by atoms with Gasteiger partial charge < -0.3 is 0 Å². The van der Waals surface area contributed by atoms with E-state index in [2.05, 4.69) is 32.7 Å². The molecule has 2 heterocycles. The van der Waals surface area contributed by atoms with Crippen LogP contribution in [0.5, 0.6) is 0 Å². The summed E-state index contributed by atoms with van der Waals surface area (Å²) in [4.78, 5) is 4.21. The van der Waals surface area contributed by atoms with Crippen molar-refractivity contribution in [2.24, 2.45) is 5.92 Å². The van der Waals surface area contributed by atoms with Crippen LogP contribution in [-0.4, -0.2) is 25.0 Å². The van der Waals surface area contributed by atoms with Crippen LogP contribution >= 0.6 is 11.8 Å². The van der Waals surface area contributed by atoms with Gasteiger partial charge >= 0.3 is 0 Å². The molecule has 0 amide bonds. The van der Waals surface area contributed by atoms with Gasteiger partial charge in [0.15, 0.2) is 11.0 Å². The summed E-state index contributed by atoms with van der Waals surface area (Å²) in [5.74, 6) is 1.46. The van der Waals surface area contributed by atoms with E-state index in [0.29, 0.717) is 12.0 Å². The Bertz CT molecular complexity index is 691. The van der Waals surface area contributed by atoms with Crippen LogP contribution in [-0.2, 0) is 0 Å². The van der Waals surface area contributed by atoms with E-state index in [9.17, 15) is 0 Å². The molecule has 5 nitrogen and oxygen atoms in total. The molecule has 0 saturated heterocycles. The molecule has 0 radical (unpaired) electrons. The topological polar surface area (TPSA) is 67.4 Å². The maximum absolute atomic E-state index is 9.13. The largest absolute Gasteiger partial charge is 0.299 e. The number of hydrogen-bond donors (Lipinski definition) is 0.